The summed E-state index contributed by atoms with van der Waals surface area (Å²) in [5.74, 6) is 1.07. The summed E-state index contributed by atoms with van der Waals surface area (Å²) in [5.41, 5.74) is 4.15. The Bertz CT molecular complexity index is 868. The van der Waals surface area contributed by atoms with Gasteiger partial charge in [-0.15, -0.1) is 0 Å². The summed E-state index contributed by atoms with van der Waals surface area (Å²) < 4.78 is 0. The van der Waals surface area contributed by atoms with Crippen molar-refractivity contribution in [2.45, 2.75) is 26.9 Å². The zero-order valence-electron chi connectivity index (χ0n) is 14.1. The first kappa shape index (κ1) is 17.1. The molecular weight excluding hydrogens is 336 g/mol. The molecule has 7 heteroatoms. The van der Waals surface area contributed by atoms with Gasteiger partial charge in [0.1, 0.15) is 5.02 Å². The largest absolute Gasteiger partial charge is 0.363 e. The molecule has 0 atom stereocenters. The van der Waals surface area contributed by atoms with Gasteiger partial charge in [0, 0.05) is 12.4 Å². The minimum atomic E-state index is 0.466. The first-order chi connectivity index (χ1) is 12.1. The molecule has 0 saturated heterocycles. The second kappa shape index (κ2) is 7.90. The van der Waals surface area contributed by atoms with Crippen molar-refractivity contribution in [2.75, 3.05) is 10.6 Å². The number of anilines is 2. The van der Waals surface area contributed by atoms with Crippen LogP contribution in [0.25, 0.3) is 0 Å². The van der Waals surface area contributed by atoms with Gasteiger partial charge in [-0.3, -0.25) is 9.97 Å². The van der Waals surface area contributed by atoms with Gasteiger partial charge in [0.05, 0.1) is 30.7 Å². The summed E-state index contributed by atoms with van der Waals surface area (Å²) in [5, 5.41) is 6.86. The molecule has 0 radical (unpaired) electrons. The highest BCUT2D eigenvalue weighted by Crippen LogP contribution is 2.20. The van der Waals surface area contributed by atoms with E-state index in [0.29, 0.717) is 29.9 Å². The predicted octanol–water partition coefficient (Wildman–Crippen LogP) is 3.76. The average Bonchev–Trinajstić information content (AvgIpc) is 2.62. The van der Waals surface area contributed by atoms with Crippen molar-refractivity contribution in [2.24, 2.45) is 0 Å². The lowest BCUT2D eigenvalue weighted by Crippen LogP contribution is -2.10. The summed E-state index contributed by atoms with van der Waals surface area (Å²) in [6.45, 7) is 5.14. The third-order valence-corrected chi connectivity index (χ3v) is 4.09. The molecule has 3 aromatic rings. The summed E-state index contributed by atoms with van der Waals surface area (Å²) in [6.07, 6.45) is 5.12. The summed E-state index contributed by atoms with van der Waals surface area (Å²) in [6, 6.07) is 7.88. The van der Waals surface area contributed by atoms with Crippen molar-refractivity contribution in [1.29, 1.82) is 0 Å². The van der Waals surface area contributed by atoms with E-state index in [1.165, 1.54) is 0 Å². The molecule has 0 unspecified atom stereocenters. The van der Waals surface area contributed by atoms with Gasteiger partial charge in [0.2, 0.25) is 5.95 Å². The number of aryl methyl sites for hydroxylation is 2. The molecule has 0 aliphatic heterocycles. The summed E-state index contributed by atoms with van der Waals surface area (Å²) in [7, 11) is 0. The second-order valence-corrected chi connectivity index (χ2v) is 6.04. The SMILES string of the molecule is Cc1cccnc1CNc1ncc(Cl)c(NCc2ncccc2C)n1. The van der Waals surface area contributed by atoms with Crippen molar-refractivity contribution < 1.29 is 0 Å². The van der Waals surface area contributed by atoms with Crippen molar-refractivity contribution >= 4 is 23.4 Å². The van der Waals surface area contributed by atoms with Crippen LogP contribution in [0.5, 0.6) is 0 Å². The summed E-state index contributed by atoms with van der Waals surface area (Å²) in [4.78, 5) is 17.4. The van der Waals surface area contributed by atoms with E-state index in [1.807, 2.05) is 38.1 Å². The Hall–Kier alpha value is -2.73. The van der Waals surface area contributed by atoms with E-state index in [1.54, 1.807) is 18.6 Å². The number of hydrogen-bond acceptors (Lipinski definition) is 6. The fourth-order valence-corrected chi connectivity index (χ4v) is 2.47. The fraction of sp³-hybridized carbons (Fsp3) is 0.222. The van der Waals surface area contributed by atoms with Gasteiger partial charge in [-0.05, 0) is 37.1 Å². The Morgan fingerprint density at radius 1 is 0.880 bits per heavy atom. The van der Waals surface area contributed by atoms with E-state index in [-0.39, 0.29) is 0 Å². The molecule has 0 bridgehead atoms. The van der Waals surface area contributed by atoms with E-state index < -0.39 is 0 Å². The summed E-state index contributed by atoms with van der Waals surface area (Å²) >= 11 is 6.20. The van der Waals surface area contributed by atoms with Gasteiger partial charge >= 0.3 is 0 Å². The first-order valence-electron chi connectivity index (χ1n) is 7.95. The maximum atomic E-state index is 6.20. The number of hydrogen-bond donors (Lipinski definition) is 2. The van der Waals surface area contributed by atoms with Gasteiger partial charge in [0.15, 0.2) is 5.82 Å². The van der Waals surface area contributed by atoms with Gasteiger partial charge < -0.3 is 10.6 Å². The number of pyridine rings is 2. The topological polar surface area (TPSA) is 75.6 Å². The van der Waals surface area contributed by atoms with Gasteiger partial charge in [-0.1, -0.05) is 23.7 Å². The molecule has 0 aromatic carbocycles. The molecule has 0 fully saturated rings. The molecule has 25 heavy (non-hydrogen) atoms. The van der Waals surface area contributed by atoms with Crippen LogP contribution in [0.2, 0.25) is 5.02 Å². The Kier molecular flexibility index (Phi) is 5.40. The highest BCUT2D eigenvalue weighted by Gasteiger charge is 2.07. The lowest BCUT2D eigenvalue weighted by atomic mass is 10.2. The van der Waals surface area contributed by atoms with Crippen LogP contribution in [0.15, 0.2) is 42.9 Å². The van der Waals surface area contributed by atoms with E-state index in [9.17, 15) is 0 Å². The quantitative estimate of drug-likeness (QED) is 0.702. The molecule has 3 aromatic heterocycles. The molecule has 0 saturated carbocycles. The Morgan fingerprint density at radius 2 is 1.48 bits per heavy atom. The smallest absolute Gasteiger partial charge is 0.225 e. The Balaban J connectivity index is 1.68. The molecule has 3 heterocycles. The van der Waals surface area contributed by atoms with Crippen LogP contribution in [0, 0.1) is 13.8 Å². The van der Waals surface area contributed by atoms with E-state index >= 15 is 0 Å². The minimum Gasteiger partial charge on any atom is -0.363 e. The van der Waals surface area contributed by atoms with Crippen LogP contribution in [-0.2, 0) is 13.1 Å². The maximum absolute atomic E-state index is 6.20. The van der Waals surface area contributed by atoms with Crippen molar-refractivity contribution in [1.82, 2.24) is 19.9 Å². The van der Waals surface area contributed by atoms with Crippen molar-refractivity contribution in [3.05, 3.63) is 70.4 Å². The van der Waals surface area contributed by atoms with E-state index in [0.717, 1.165) is 22.5 Å². The Labute approximate surface area is 151 Å². The fourth-order valence-electron chi connectivity index (χ4n) is 2.31. The number of halogens is 1. The lowest BCUT2D eigenvalue weighted by molar-refractivity contribution is 0.970. The van der Waals surface area contributed by atoms with Gasteiger partial charge in [-0.25, -0.2) is 4.98 Å². The van der Waals surface area contributed by atoms with Gasteiger partial charge in [0.25, 0.3) is 0 Å². The highest BCUT2D eigenvalue weighted by atomic mass is 35.5. The number of rotatable bonds is 6. The monoisotopic (exact) mass is 354 g/mol. The third kappa shape index (κ3) is 4.42. The second-order valence-electron chi connectivity index (χ2n) is 5.63. The molecular formula is C18H19ClN6. The number of nitrogens with one attached hydrogen (secondary N) is 2. The standard InChI is InChI=1S/C18H19ClN6/c1-12-5-3-7-20-15(12)10-22-17-14(19)9-23-18(25-17)24-11-16-13(2)6-4-8-21-16/h3-9H,10-11H2,1-2H3,(H2,22,23,24,25). The number of nitrogens with zero attached hydrogens (tertiary/aromatic N) is 4. The zero-order chi connectivity index (χ0) is 17.6. The number of aromatic nitrogens is 4. The van der Waals surface area contributed by atoms with Crippen LogP contribution < -0.4 is 10.6 Å². The van der Waals surface area contributed by atoms with Crippen molar-refractivity contribution in [3.63, 3.8) is 0 Å². The molecule has 6 nitrogen and oxygen atoms in total. The molecule has 3 rings (SSSR count). The molecule has 0 amide bonds. The van der Waals surface area contributed by atoms with Crippen molar-refractivity contribution in [3.8, 4) is 0 Å². The highest BCUT2D eigenvalue weighted by molar-refractivity contribution is 6.32. The van der Waals surface area contributed by atoms with Crippen LogP contribution in [-0.4, -0.2) is 19.9 Å². The van der Waals surface area contributed by atoms with Crippen LogP contribution in [0.1, 0.15) is 22.5 Å². The first-order valence-corrected chi connectivity index (χ1v) is 8.32. The van der Waals surface area contributed by atoms with E-state index in [2.05, 4.69) is 30.6 Å². The van der Waals surface area contributed by atoms with Crippen LogP contribution in [0.3, 0.4) is 0 Å². The lowest BCUT2D eigenvalue weighted by Gasteiger charge is -2.11. The third-order valence-electron chi connectivity index (χ3n) is 3.82. The van der Waals surface area contributed by atoms with Crippen LogP contribution in [0.4, 0.5) is 11.8 Å². The molecule has 0 aliphatic carbocycles. The Morgan fingerprint density at radius 3 is 2.08 bits per heavy atom. The average molecular weight is 355 g/mol. The predicted molar refractivity (Wildman–Crippen MR) is 99.6 cm³/mol. The normalized spacial score (nSPS) is 10.5. The van der Waals surface area contributed by atoms with Gasteiger partial charge in [-0.2, -0.15) is 4.98 Å². The molecule has 128 valence electrons. The zero-order valence-corrected chi connectivity index (χ0v) is 14.9. The molecule has 2 N–H and O–H groups in total. The van der Waals surface area contributed by atoms with Crippen LogP contribution >= 0.6 is 11.6 Å². The molecule has 0 spiro atoms. The van der Waals surface area contributed by atoms with E-state index in [4.69, 9.17) is 11.6 Å². The molecule has 0 aliphatic rings. The maximum Gasteiger partial charge on any atom is 0.225 e. The minimum absolute atomic E-state index is 0.466.